The van der Waals surface area contributed by atoms with Crippen molar-refractivity contribution in [2.24, 2.45) is 0 Å². The largest absolute Gasteiger partial charge is 0.151 e. The molecule has 7 heteroatoms. The summed E-state index contributed by atoms with van der Waals surface area (Å²) in [6, 6.07) is 0. The molecular weight excluding hydrogens is 365 g/mol. The van der Waals surface area contributed by atoms with Gasteiger partial charge in [0.15, 0.2) is 0 Å². The van der Waals surface area contributed by atoms with E-state index in [0.717, 1.165) is 12.6 Å². The van der Waals surface area contributed by atoms with Crippen molar-refractivity contribution in [3.05, 3.63) is 0 Å². The van der Waals surface area contributed by atoms with Crippen LogP contribution in [0.1, 0.15) is 19.3 Å². The van der Waals surface area contributed by atoms with Gasteiger partial charge >= 0.3 is 0 Å². The van der Waals surface area contributed by atoms with Gasteiger partial charge in [-0.25, -0.2) is 0 Å². The summed E-state index contributed by atoms with van der Waals surface area (Å²) < 4.78 is 3.04. The van der Waals surface area contributed by atoms with Crippen molar-refractivity contribution in [1.29, 1.82) is 0 Å². The lowest BCUT2D eigenvalue weighted by Gasteiger charge is -2.40. The van der Waals surface area contributed by atoms with E-state index < -0.39 is 8.80 Å². The molecule has 3 aliphatic heterocycles. The average molecular weight is 387 g/mol. The second kappa shape index (κ2) is 8.82. The van der Waals surface area contributed by atoms with Crippen molar-refractivity contribution in [3.8, 4) is 0 Å². The van der Waals surface area contributed by atoms with E-state index in [2.05, 4.69) is 70.6 Å². The average Bonchev–Trinajstić information content (AvgIpc) is 2.51. The Labute approximate surface area is 144 Å². The predicted octanol–water partition coefficient (Wildman–Crippen LogP) is 4.42. The lowest BCUT2D eigenvalue weighted by atomic mass is 10.6. The molecule has 0 aromatic rings. The first-order valence-electron chi connectivity index (χ1n) is 7.15. The molecule has 3 fully saturated rings. The molecule has 0 aromatic heterocycles. The van der Waals surface area contributed by atoms with Gasteiger partial charge in [0.05, 0.1) is 0 Å². The van der Waals surface area contributed by atoms with Crippen LogP contribution in [0, 0.1) is 0 Å². The summed E-state index contributed by atoms with van der Waals surface area (Å²) >= 11 is 14.0. The zero-order valence-electron chi connectivity index (χ0n) is 11.1. The van der Waals surface area contributed by atoms with E-state index in [9.17, 15) is 0 Å². The Balaban J connectivity index is 1.68. The highest BCUT2D eigenvalue weighted by atomic mass is 32.2. The van der Waals surface area contributed by atoms with Crippen LogP contribution < -0.4 is 0 Å². The van der Waals surface area contributed by atoms with Crippen molar-refractivity contribution in [1.82, 2.24) is 0 Å². The Kier molecular flexibility index (Phi) is 7.51. The van der Waals surface area contributed by atoms with Crippen molar-refractivity contribution in [3.63, 3.8) is 0 Å². The Morgan fingerprint density at radius 1 is 0.474 bits per heavy atom. The van der Waals surface area contributed by atoms with Crippen LogP contribution in [0.15, 0.2) is 0 Å². The van der Waals surface area contributed by atoms with Crippen LogP contribution in [0.4, 0.5) is 0 Å². The van der Waals surface area contributed by atoms with Gasteiger partial charge in [-0.05, 0) is 53.8 Å². The third-order valence-electron chi connectivity index (χ3n) is 3.50. The maximum absolute atomic E-state index is 2.33. The van der Waals surface area contributed by atoms with Gasteiger partial charge < -0.3 is 0 Å². The monoisotopic (exact) mass is 386 g/mol. The molecule has 0 amide bonds. The van der Waals surface area contributed by atoms with E-state index in [4.69, 9.17) is 0 Å². The van der Waals surface area contributed by atoms with Crippen LogP contribution in [0.3, 0.4) is 0 Å². The van der Waals surface area contributed by atoms with E-state index in [1.807, 2.05) is 0 Å². The molecule has 0 saturated carbocycles. The minimum atomic E-state index is -0.700. The van der Waals surface area contributed by atoms with Crippen LogP contribution in [0.5, 0.6) is 0 Å². The molecule has 0 unspecified atom stereocenters. The zero-order chi connectivity index (χ0) is 12.9. The molecule has 0 atom stereocenters. The van der Waals surface area contributed by atoms with Gasteiger partial charge in [-0.15, -0.1) is 0 Å². The number of hydrogen-bond donors (Lipinski definition) is 0. The first-order chi connectivity index (χ1) is 9.45. The molecule has 0 N–H and O–H groups in total. The van der Waals surface area contributed by atoms with Crippen molar-refractivity contribution in [2.45, 2.75) is 31.9 Å². The van der Waals surface area contributed by atoms with Crippen LogP contribution in [-0.4, -0.2) is 55.9 Å². The molecule has 3 saturated heterocycles. The van der Waals surface area contributed by atoms with Gasteiger partial charge in [0.25, 0.3) is 0 Å². The molecule has 0 nitrogen and oxygen atoms in total. The standard InChI is InChI=1S/C12H22S6Si/c1-4-13-10(14-5-1)19(11-15-6-2-7-16-11)12-17-8-3-9-18-12/h10-12,19H,1-9H2. The predicted molar refractivity (Wildman–Crippen MR) is 107 cm³/mol. The van der Waals surface area contributed by atoms with Crippen LogP contribution in [0.2, 0.25) is 0 Å². The quantitative estimate of drug-likeness (QED) is 0.654. The Hall–Kier alpha value is 2.32. The van der Waals surface area contributed by atoms with E-state index >= 15 is 0 Å². The highest BCUT2D eigenvalue weighted by molar-refractivity contribution is 8.26. The van der Waals surface area contributed by atoms with Crippen molar-refractivity contribution in [2.75, 3.05) is 34.5 Å². The molecule has 110 valence electrons. The molecule has 0 radical (unpaired) electrons. The first kappa shape index (κ1) is 16.2. The minimum Gasteiger partial charge on any atom is -0.151 e. The molecule has 0 aromatic carbocycles. The summed E-state index contributed by atoms with van der Waals surface area (Å²) in [6.45, 7) is 0. The number of rotatable bonds is 3. The lowest BCUT2D eigenvalue weighted by molar-refractivity contribution is 1.10. The number of hydrogen-bond acceptors (Lipinski definition) is 6. The Morgan fingerprint density at radius 3 is 1.00 bits per heavy atom. The molecule has 0 spiro atoms. The molecule has 3 rings (SSSR count). The maximum atomic E-state index is 2.33. The molecule has 19 heavy (non-hydrogen) atoms. The normalized spacial score (nSPS) is 28.9. The van der Waals surface area contributed by atoms with Gasteiger partial charge in [0.2, 0.25) is 0 Å². The van der Waals surface area contributed by atoms with Gasteiger partial charge in [-0.3, -0.25) is 0 Å². The van der Waals surface area contributed by atoms with E-state index in [-0.39, 0.29) is 0 Å². The summed E-state index contributed by atoms with van der Waals surface area (Å²) in [5, 5.41) is 0. The lowest BCUT2D eigenvalue weighted by Crippen LogP contribution is -2.46. The molecular formula is C12H22S6Si. The van der Waals surface area contributed by atoms with E-state index in [1.165, 1.54) is 53.8 Å². The summed E-state index contributed by atoms with van der Waals surface area (Å²) in [7, 11) is -0.700. The summed E-state index contributed by atoms with van der Waals surface area (Å²) in [4.78, 5) is 0. The fourth-order valence-electron chi connectivity index (χ4n) is 2.57. The van der Waals surface area contributed by atoms with Gasteiger partial charge in [-0.2, -0.15) is 70.6 Å². The van der Waals surface area contributed by atoms with Gasteiger partial charge in [0, 0.05) is 12.6 Å². The minimum absolute atomic E-state index is 0.700. The SMILES string of the molecule is C1CSC([SiH](C2SCCCS2)C2SCCCS2)SC1. The third-order valence-corrected chi connectivity index (χ3v) is 22.1. The van der Waals surface area contributed by atoms with Crippen molar-refractivity contribution >= 4 is 79.4 Å². The highest BCUT2D eigenvalue weighted by Crippen LogP contribution is 2.47. The fourth-order valence-corrected chi connectivity index (χ4v) is 27.1. The Morgan fingerprint density at radius 2 is 0.737 bits per heavy atom. The topological polar surface area (TPSA) is 0 Å². The first-order valence-corrected chi connectivity index (χ1v) is 15.4. The second-order valence-corrected chi connectivity index (χ2v) is 19.4. The Bertz CT molecular complexity index is 218. The smallest absolute Gasteiger partial charge is 0.117 e. The second-order valence-electron chi connectivity index (χ2n) is 4.97. The van der Waals surface area contributed by atoms with E-state index in [0.29, 0.717) is 0 Å². The summed E-state index contributed by atoms with van der Waals surface area (Å²) in [5.74, 6) is 8.61. The van der Waals surface area contributed by atoms with E-state index in [1.54, 1.807) is 0 Å². The molecule has 3 heterocycles. The number of thioether (sulfide) groups is 6. The highest BCUT2D eigenvalue weighted by Gasteiger charge is 2.41. The van der Waals surface area contributed by atoms with Gasteiger partial charge in [0.1, 0.15) is 8.80 Å². The molecule has 0 bridgehead atoms. The van der Waals surface area contributed by atoms with Crippen LogP contribution in [-0.2, 0) is 0 Å². The summed E-state index contributed by atoms with van der Waals surface area (Å²) in [5.41, 5.74) is 0. The van der Waals surface area contributed by atoms with Gasteiger partial charge in [-0.1, -0.05) is 0 Å². The van der Waals surface area contributed by atoms with Crippen LogP contribution in [0.25, 0.3) is 0 Å². The third kappa shape index (κ3) is 4.64. The summed E-state index contributed by atoms with van der Waals surface area (Å²) in [6.07, 6.45) is 4.34. The zero-order valence-corrected chi connectivity index (χ0v) is 17.2. The fraction of sp³-hybridized carbons (Fsp3) is 1.00. The molecule has 3 aliphatic rings. The molecule has 0 aliphatic carbocycles. The maximum Gasteiger partial charge on any atom is 0.117 e. The van der Waals surface area contributed by atoms with Crippen LogP contribution >= 0.6 is 70.6 Å². The van der Waals surface area contributed by atoms with Crippen molar-refractivity contribution < 1.29 is 0 Å².